The van der Waals surface area contributed by atoms with Gasteiger partial charge in [0, 0.05) is 30.5 Å². The largest absolute Gasteiger partial charge is 0.382 e. The molecule has 4 rings (SSSR count). The zero-order valence-electron chi connectivity index (χ0n) is 18.9. The molecule has 0 radical (unpaired) electrons. The van der Waals surface area contributed by atoms with Gasteiger partial charge in [0.25, 0.3) is 0 Å². The Balaban J connectivity index is 1.62. The molecule has 0 bridgehead atoms. The molecule has 5 nitrogen and oxygen atoms in total. The third kappa shape index (κ3) is 4.78. The molecular weight excluding hydrogens is 398 g/mol. The van der Waals surface area contributed by atoms with Gasteiger partial charge < -0.3 is 15.3 Å². The molecule has 0 saturated heterocycles. The Morgan fingerprint density at radius 2 is 1.78 bits per heavy atom. The van der Waals surface area contributed by atoms with Crippen LogP contribution in [0.1, 0.15) is 41.2 Å². The van der Waals surface area contributed by atoms with Crippen LogP contribution >= 0.6 is 0 Å². The summed E-state index contributed by atoms with van der Waals surface area (Å²) in [5, 5.41) is 2.06. The van der Waals surface area contributed by atoms with Gasteiger partial charge in [-0.2, -0.15) is 0 Å². The van der Waals surface area contributed by atoms with E-state index in [1.807, 2.05) is 12.3 Å². The van der Waals surface area contributed by atoms with Crippen molar-refractivity contribution in [1.29, 1.82) is 0 Å². The number of anilines is 1. The lowest BCUT2D eigenvalue weighted by Gasteiger charge is -2.11. The first-order valence-corrected chi connectivity index (χ1v) is 11.0. The van der Waals surface area contributed by atoms with Crippen molar-refractivity contribution in [3.63, 3.8) is 0 Å². The second kappa shape index (κ2) is 9.45. The van der Waals surface area contributed by atoms with Gasteiger partial charge in [0.1, 0.15) is 11.3 Å². The van der Waals surface area contributed by atoms with E-state index in [0.717, 1.165) is 40.2 Å². The predicted octanol–water partition coefficient (Wildman–Crippen LogP) is 5.13. The zero-order valence-corrected chi connectivity index (χ0v) is 18.9. The van der Waals surface area contributed by atoms with Crippen molar-refractivity contribution in [3.8, 4) is 0 Å². The number of aryl methyl sites for hydroxylation is 4. The molecule has 0 aliphatic carbocycles. The van der Waals surface area contributed by atoms with Crippen molar-refractivity contribution in [2.45, 2.75) is 46.1 Å². The van der Waals surface area contributed by atoms with Crippen LogP contribution < -0.4 is 5.73 Å². The molecule has 4 aromatic rings. The summed E-state index contributed by atoms with van der Waals surface area (Å²) in [7, 11) is 1.72. The average Bonchev–Trinajstić information content (AvgIpc) is 2.77. The van der Waals surface area contributed by atoms with Gasteiger partial charge >= 0.3 is 0 Å². The van der Waals surface area contributed by atoms with Crippen molar-refractivity contribution >= 4 is 33.4 Å². The topological polar surface area (TPSA) is 78.1 Å². The normalized spacial score (nSPS) is 11.3. The molecule has 2 aromatic carbocycles. The Morgan fingerprint density at radius 1 is 0.969 bits per heavy atom. The molecule has 0 aliphatic heterocycles. The van der Waals surface area contributed by atoms with E-state index in [0.29, 0.717) is 25.3 Å². The number of ether oxygens (including phenoxy) is 1. The number of benzene rings is 2. The number of nitrogens with zero attached hydrogens (tertiary/aromatic N) is 2. The summed E-state index contributed by atoms with van der Waals surface area (Å²) < 4.78 is 5.23. The summed E-state index contributed by atoms with van der Waals surface area (Å²) in [5.74, 6) is 0.626. The monoisotopic (exact) mass is 427 g/mol. The SMILES string of the molecule is COCc1ccc(CCc2cnc3c(N)nc4cc(CCC(C)=O)ccc4c3c2)c(C)c1. The standard InChI is InChI=1S/C27H29N3O2/c1-17-12-21(16-32-3)7-10-22(17)9-6-20-13-24-23-11-8-19(5-4-18(2)31)14-25(23)30-27(28)26(24)29-15-20/h7-8,10-15H,4-6,9,16H2,1-3H3,(H2,28,30). The van der Waals surface area contributed by atoms with Crippen LogP contribution in [0.4, 0.5) is 5.82 Å². The molecule has 0 atom stereocenters. The minimum Gasteiger partial charge on any atom is -0.382 e. The molecule has 32 heavy (non-hydrogen) atoms. The second-order valence-electron chi connectivity index (χ2n) is 8.48. The van der Waals surface area contributed by atoms with E-state index in [4.69, 9.17) is 10.5 Å². The minimum absolute atomic E-state index is 0.188. The summed E-state index contributed by atoms with van der Waals surface area (Å²) >= 11 is 0. The maximum absolute atomic E-state index is 11.3. The van der Waals surface area contributed by atoms with Gasteiger partial charge in [0.15, 0.2) is 5.82 Å². The number of rotatable bonds is 8. The first-order valence-electron chi connectivity index (χ1n) is 11.0. The number of hydrogen-bond donors (Lipinski definition) is 1. The molecule has 2 aromatic heterocycles. The number of methoxy groups -OCH3 is 1. The van der Waals surface area contributed by atoms with E-state index in [1.165, 1.54) is 22.3 Å². The fourth-order valence-electron chi connectivity index (χ4n) is 4.18. The molecule has 0 fully saturated rings. The van der Waals surface area contributed by atoms with Gasteiger partial charge in [0.2, 0.25) is 0 Å². The maximum Gasteiger partial charge on any atom is 0.150 e. The Bertz CT molecular complexity index is 1300. The van der Waals surface area contributed by atoms with Gasteiger partial charge in [-0.25, -0.2) is 4.98 Å². The predicted molar refractivity (Wildman–Crippen MR) is 130 cm³/mol. The smallest absolute Gasteiger partial charge is 0.150 e. The maximum atomic E-state index is 11.3. The summed E-state index contributed by atoms with van der Waals surface area (Å²) in [4.78, 5) is 20.5. The molecule has 0 aliphatic rings. The Labute approximate surface area is 188 Å². The minimum atomic E-state index is 0.188. The van der Waals surface area contributed by atoms with Gasteiger partial charge in [0.05, 0.1) is 12.1 Å². The highest BCUT2D eigenvalue weighted by molar-refractivity contribution is 6.08. The number of pyridine rings is 2. The fourth-order valence-corrected chi connectivity index (χ4v) is 4.18. The van der Waals surface area contributed by atoms with Crippen molar-refractivity contribution in [3.05, 3.63) is 76.5 Å². The first kappa shape index (κ1) is 21.9. The summed E-state index contributed by atoms with van der Waals surface area (Å²) in [6.45, 7) is 4.40. The molecule has 0 spiro atoms. The number of ketones is 1. The van der Waals surface area contributed by atoms with Gasteiger partial charge in [-0.1, -0.05) is 30.3 Å². The van der Waals surface area contributed by atoms with E-state index in [1.54, 1.807) is 14.0 Å². The van der Waals surface area contributed by atoms with Crippen molar-refractivity contribution in [1.82, 2.24) is 9.97 Å². The molecule has 0 unspecified atom stereocenters. The Hall–Kier alpha value is -3.31. The Kier molecular flexibility index (Phi) is 6.47. The summed E-state index contributed by atoms with van der Waals surface area (Å²) in [6, 6.07) is 14.9. The van der Waals surface area contributed by atoms with E-state index in [2.05, 4.69) is 53.3 Å². The van der Waals surface area contributed by atoms with Crippen LogP contribution in [0.25, 0.3) is 21.8 Å². The molecule has 164 valence electrons. The Morgan fingerprint density at radius 3 is 2.53 bits per heavy atom. The van der Waals surface area contributed by atoms with Crippen LogP contribution in [0.15, 0.2) is 48.7 Å². The molecule has 0 saturated carbocycles. The number of Topliss-reactive ketones (excluding diaryl/α,β-unsaturated/α-hetero) is 1. The lowest BCUT2D eigenvalue weighted by molar-refractivity contribution is -0.116. The first-order chi connectivity index (χ1) is 15.4. The van der Waals surface area contributed by atoms with Crippen LogP contribution in [0.3, 0.4) is 0 Å². The highest BCUT2D eigenvalue weighted by Crippen LogP contribution is 2.28. The quantitative estimate of drug-likeness (QED) is 0.395. The summed E-state index contributed by atoms with van der Waals surface area (Å²) in [5.41, 5.74) is 13.9. The van der Waals surface area contributed by atoms with E-state index in [9.17, 15) is 4.79 Å². The average molecular weight is 428 g/mol. The van der Waals surface area contributed by atoms with Crippen LogP contribution in [-0.4, -0.2) is 22.9 Å². The number of hydrogen-bond acceptors (Lipinski definition) is 5. The van der Waals surface area contributed by atoms with Crippen LogP contribution in [0.5, 0.6) is 0 Å². The number of fused-ring (bicyclic) bond motifs is 3. The molecule has 5 heteroatoms. The van der Waals surface area contributed by atoms with Gasteiger partial charge in [-0.05, 0) is 73.1 Å². The van der Waals surface area contributed by atoms with Gasteiger partial charge in [-0.15, -0.1) is 0 Å². The molecule has 2 N–H and O–H groups in total. The lowest BCUT2D eigenvalue weighted by Crippen LogP contribution is -2.00. The van der Waals surface area contributed by atoms with Crippen molar-refractivity contribution < 1.29 is 9.53 Å². The number of aromatic nitrogens is 2. The van der Waals surface area contributed by atoms with E-state index >= 15 is 0 Å². The highest BCUT2D eigenvalue weighted by Gasteiger charge is 2.10. The van der Waals surface area contributed by atoms with Crippen LogP contribution in [0, 0.1) is 6.92 Å². The number of carbonyl (C=O) groups excluding carboxylic acids is 1. The fraction of sp³-hybridized carbons (Fsp3) is 0.296. The van der Waals surface area contributed by atoms with Crippen molar-refractivity contribution in [2.75, 3.05) is 12.8 Å². The van der Waals surface area contributed by atoms with Gasteiger partial charge in [-0.3, -0.25) is 4.98 Å². The summed E-state index contributed by atoms with van der Waals surface area (Å²) in [6.07, 6.45) is 4.99. The molecule has 0 amide bonds. The van der Waals surface area contributed by atoms with Crippen LogP contribution in [-0.2, 0) is 35.4 Å². The third-order valence-corrected chi connectivity index (χ3v) is 5.95. The number of carbonyl (C=O) groups is 1. The van der Waals surface area contributed by atoms with Crippen molar-refractivity contribution in [2.24, 2.45) is 0 Å². The number of nitrogen functional groups attached to an aromatic ring is 1. The van der Waals surface area contributed by atoms with E-state index < -0.39 is 0 Å². The highest BCUT2D eigenvalue weighted by atomic mass is 16.5. The van der Waals surface area contributed by atoms with E-state index in [-0.39, 0.29) is 5.78 Å². The second-order valence-corrected chi connectivity index (χ2v) is 8.48. The third-order valence-electron chi connectivity index (χ3n) is 5.95. The lowest BCUT2D eigenvalue weighted by atomic mass is 9.98. The zero-order chi connectivity index (χ0) is 22.7. The molecule has 2 heterocycles. The van der Waals surface area contributed by atoms with Crippen LogP contribution in [0.2, 0.25) is 0 Å². The number of nitrogens with two attached hydrogens (primary N) is 1. The molecular formula is C27H29N3O2.